The molecule has 0 fully saturated rings. The lowest BCUT2D eigenvalue weighted by atomic mass is 9.76. The molecule has 6 aromatic rings. The van der Waals surface area contributed by atoms with Gasteiger partial charge in [-0.25, -0.2) is 0 Å². The molecule has 0 saturated heterocycles. The van der Waals surface area contributed by atoms with E-state index in [9.17, 15) is 4.89 Å². The standard InChI is InChI=1S/C52H61O2P/c1-29(2)37-23-41(31(5)6)49(42(24-37)32(7)8)45-21-35-17-13-15-19-39(35)51-47(45)27-55(53,54)28-48-46(22-36-18-14-16-20-40(36)52(48)51)50-43(33(9)10)25-38(30(3)4)26-44(50)34(11)12/h13-26,29-34H,27-28H2,1-12H3,(H,53,54). The van der Waals surface area contributed by atoms with E-state index in [0.29, 0.717) is 11.8 Å². The highest BCUT2D eigenvalue weighted by Gasteiger charge is 2.36. The van der Waals surface area contributed by atoms with Crippen LogP contribution in [0.3, 0.4) is 0 Å². The summed E-state index contributed by atoms with van der Waals surface area (Å²) in [6.07, 6.45) is 0.263. The Balaban J connectivity index is 1.73. The first-order valence-electron chi connectivity index (χ1n) is 20.8. The normalized spacial score (nSPS) is 14.2. The van der Waals surface area contributed by atoms with Gasteiger partial charge in [-0.05, 0) is 147 Å². The lowest BCUT2D eigenvalue weighted by Gasteiger charge is -2.28. The molecule has 3 heteroatoms. The lowest BCUT2D eigenvalue weighted by molar-refractivity contribution is 0.476. The summed E-state index contributed by atoms with van der Waals surface area (Å²) in [4.78, 5) is 12.4. The van der Waals surface area contributed by atoms with E-state index in [-0.39, 0.29) is 36.0 Å². The first kappa shape index (κ1) is 39.3. The Kier molecular flexibility index (Phi) is 10.6. The van der Waals surface area contributed by atoms with Crippen molar-refractivity contribution < 1.29 is 9.46 Å². The molecule has 0 amide bonds. The monoisotopic (exact) mass is 748 g/mol. The van der Waals surface area contributed by atoms with Gasteiger partial charge < -0.3 is 4.89 Å². The highest BCUT2D eigenvalue weighted by Crippen LogP contribution is 2.60. The van der Waals surface area contributed by atoms with Crippen LogP contribution in [0.2, 0.25) is 0 Å². The minimum atomic E-state index is -3.75. The van der Waals surface area contributed by atoms with E-state index in [1.807, 2.05) is 0 Å². The zero-order chi connectivity index (χ0) is 39.7. The van der Waals surface area contributed by atoms with Crippen molar-refractivity contribution in [3.05, 3.63) is 129 Å². The van der Waals surface area contributed by atoms with E-state index in [1.165, 1.54) is 44.5 Å². The molecule has 2 nitrogen and oxygen atoms in total. The van der Waals surface area contributed by atoms with Crippen molar-refractivity contribution in [1.82, 2.24) is 0 Å². The van der Waals surface area contributed by atoms with Gasteiger partial charge in [0, 0.05) is 0 Å². The van der Waals surface area contributed by atoms with Crippen molar-refractivity contribution in [3.8, 4) is 33.4 Å². The predicted octanol–water partition coefficient (Wildman–Crippen LogP) is 16.0. The molecule has 0 spiro atoms. The van der Waals surface area contributed by atoms with Crippen LogP contribution in [0.4, 0.5) is 0 Å². The minimum Gasteiger partial charge on any atom is -0.344 e. The van der Waals surface area contributed by atoms with Gasteiger partial charge in [-0.3, -0.25) is 4.57 Å². The summed E-state index contributed by atoms with van der Waals surface area (Å²) in [6.45, 7) is 27.5. The quantitative estimate of drug-likeness (QED) is 0.157. The molecule has 1 N–H and O–H groups in total. The van der Waals surface area contributed by atoms with Gasteiger partial charge in [0.05, 0.1) is 12.3 Å². The van der Waals surface area contributed by atoms with Crippen molar-refractivity contribution in [3.63, 3.8) is 0 Å². The van der Waals surface area contributed by atoms with Gasteiger partial charge in [0.1, 0.15) is 0 Å². The van der Waals surface area contributed by atoms with Crippen LogP contribution in [0.5, 0.6) is 0 Å². The molecule has 1 aliphatic rings. The van der Waals surface area contributed by atoms with Gasteiger partial charge in [-0.1, -0.05) is 156 Å². The van der Waals surface area contributed by atoms with Gasteiger partial charge >= 0.3 is 0 Å². The third kappa shape index (κ3) is 7.04. The van der Waals surface area contributed by atoms with Crippen LogP contribution >= 0.6 is 7.37 Å². The van der Waals surface area contributed by atoms with Gasteiger partial charge in [-0.2, -0.15) is 0 Å². The second-order valence-corrected chi connectivity index (χ2v) is 20.6. The van der Waals surface area contributed by atoms with E-state index in [1.54, 1.807) is 0 Å². The Hall–Kier alpha value is -3.97. The van der Waals surface area contributed by atoms with Crippen molar-refractivity contribution in [2.45, 2.75) is 131 Å². The Morgan fingerprint density at radius 3 is 1.04 bits per heavy atom. The number of hydrogen-bond donors (Lipinski definition) is 1. The van der Waals surface area contributed by atoms with Gasteiger partial charge in [-0.15, -0.1) is 0 Å². The van der Waals surface area contributed by atoms with E-state index in [4.69, 9.17) is 0 Å². The SMILES string of the molecule is CC(C)c1cc(C(C)C)c(-c2cc3ccccc3c3c2CP(=O)(O)Cc2c(-c4c(C(C)C)cc(C(C)C)cc4C(C)C)cc4ccccc4c2-3)c(C(C)C)c1. The Labute approximate surface area is 330 Å². The fourth-order valence-electron chi connectivity index (χ4n) is 9.21. The lowest BCUT2D eigenvalue weighted by Crippen LogP contribution is -2.06. The molecule has 0 aliphatic carbocycles. The van der Waals surface area contributed by atoms with Crippen molar-refractivity contribution in [2.24, 2.45) is 0 Å². The molecule has 0 aromatic heterocycles. The minimum absolute atomic E-state index is 0.131. The highest BCUT2D eigenvalue weighted by molar-refractivity contribution is 7.56. The topological polar surface area (TPSA) is 37.3 Å². The molecular weight excluding hydrogens is 688 g/mol. The summed E-state index contributed by atoms with van der Waals surface area (Å²) in [7, 11) is -3.75. The van der Waals surface area contributed by atoms with Crippen LogP contribution in [0.25, 0.3) is 54.9 Å². The summed E-state index contributed by atoms with van der Waals surface area (Å²) in [5.74, 6) is 1.89. The second-order valence-electron chi connectivity index (χ2n) is 18.2. The summed E-state index contributed by atoms with van der Waals surface area (Å²) in [5.41, 5.74) is 16.9. The fourth-order valence-corrected chi connectivity index (χ4v) is 11.0. The molecule has 6 aromatic carbocycles. The maximum Gasteiger partial charge on any atom is 0.209 e. The highest BCUT2D eigenvalue weighted by atomic mass is 31.2. The number of fused-ring (bicyclic) bond motifs is 7. The van der Waals surface area contributed by atoms with Crippen LogP contribution in [0, 0.1) is 0 Å². The summed E-state index contributed by atoms with van der Waals surface area (Å²) in [5, 5.41) is 4.61. The number of rotatable bonds is 8. The van der Waals surface area contributed by atoms with Crippen LogP contribution in [-0.2, 0) is 16.9 Å². The van der Waals surface area contributed by atoms with Crippen LogP contribution in [0.1, 0.15) is 163 Å². The van der Waals surface area contributed by atoms with Crippen LogP contribution < -0.4 is 0 Å². The zero-order valence-electron chi connectivity index (χ0n) is 35.3. The molecule has 0 atom stereocenters. The van der Waals surface area contributed by atoms with Crippen LogP contribution in [-0.4, -0.2) is 4.89 Å². The summed E-state index contributed by atoms with van der Waals surface area (Å²) < 4.78 is 15.1. The van der Waals surface area contributed by atoms with Crippen LogP contribution in [0.15, 0.2) is 84.9 Å². The maximum atomic E-state index is 15.1. The van der Waals surface area contributed by atoms with Crippen molar-refractivity contribution in [1.29, 1.82) is 0 Å². The Morgan fingerprint density at radius 2 is 0.745 bits per heavy atom. The van der Waals surface area contributed by atoms with Gasteiger partial charge in [0.15, 0.2) is 0 Å². The average molecular weight is 749 g/mol. The number of benzene rings is 6. The molecule has 0 saturated carbocycles. The molecule has 286 valence electrons. The zero-order valence-corrected chi connectivity index (χ0v) is 36.2. The average Bonchev–Trinajstić information content (AvgIpc) is 3.26. The third-order valence-corrected chi connectivity index (χ3v) is 13.8. The maximum absolute atomic E-state index is 15.1. The molecule has 1 aliphatic heterocycles. The molecule has 1 heterocycles. The first-order valence-corrected chi connectivity index (χ1v) is 22.8. The fraction of sp³-hybridized carbons (Fsp3) is 0.385. The van der Waals surface area contributed by atoms with E-state index >= 15 is 4.57 Å². The van der Waals surface area contributed by atoms with Crippen molar-refractivity contribution in [2.75, 3.05) is 0 Å². The Bertz CT molecular complexity index is 2260. The van der Waals surface area contributed by atoms with E-state index < -0.39 is 7.37 Å². The van der Waals surface area contributed by atoms with E-state index in [2.05, 4.69) is 168 Å². The predicted molar refractivity (Wildman–Crippen MR) is 240 cm³/mol. The van der Waals surface area contributed by atoms with Gasteiger partial charge in [0.2, 0.25) is 7.37 Å². The summed E-state index contributed by atoms with van der Waals surface area (Å²) >= 11 is 0. The largest absolute Gasteiger partial charge is 0.344 e. The molecule has 0 radical (unpaired) electrons. The van der Waals surface area contributed by atoms with Crippen molar-refractivity contribution >= 4 is 28.9 Å². The Morgan fingerprint density at radius 1 is 0.436 bits per heavy atom. The molecule has 0 unspecified atom stereocenters. The van der Waals surface area contributed by atoms with Gasteiger partial charge in [0.25, 0.3) is 0 Å². The summed E-state index contributed by atoms with van der Waals surface area (Å²) in [6, 6.07) is 31.8. The molecule has 55 heavy (non-hydrogen) atoms. The van der Waals surface area contributed by atoms with E-state index in [0.717, 1.165) is 54.9 Å². The smallest absolute Gasteiger partial charge is 0.209 e. The molecular formula is C52H61O2P. The third-order valence-electron chi connectivity index (χ3n) is 12.2. The number of hydrogen-bond acceptors (Lipinski definition) is 1. The molecule has 0 bridgehead atoms. The molecule has 7 rings (SSSR count). The second kappa shape index (κ2) is 14.8. The first-order chi connectivity index (χ1) is 26.0.